The van der Waals surface area contributed by atoms with Crippen molar-refractivity contribution < 1.29 is 35.6 Å². The van der Waals surface area contributed by atoms with Crippen LogP contribution in [0, 0.1) is 0 Å². The van der Waals surface area contributed by atoms with Crippen LogP contribution in [0.4, 0.5) is 0 Å². The molecular formula is C36H68N2O8S2. The van der Waals surface area contributed by atoms with Crippen molar-refractivity contribution >= 4 is 20.0 Å². The molecule has 1 heterocycles. The summed E-state index contributed by atoms with van der Waals surface area (Å²) in [5.74, 6) is -0.260. The van der Waals surface area contributed by atoms with Crippen LogP contribution in [0.3, 0.4) is 0 Å². The quantitative estimate of drug-likeness (QED) is 0.0529. The zero-order chi connectivity index (χ0) is 35.0. The molecule has 12 heteroatoms. The van der Waals surface area contributed by atoms with Crippen LogP contribution in [-0.4, -0.2) is 81.1 Å². The predicted octanol–water partition coefficient (Wildman–Crippen LogP) is 8.55. The summed E-state index contributed by atoms with van der Waals surface area (Å²) in [5.41, 5.74) is 0. The predicted molar refractivity (Wildman–Crippen MR) is 195 cm³/mol. The molecule has 1 unspecified atom stereocenters. The third kappa shape index (κ3) is 30.7. The highest BCUT2D eigenvalue weighted by molar-refractivity contribution is 7.91. The van der Waals surface area contributed by atoms with Crippen LogP contribution in [0.15, 0.2) is 18.5 Å². The van der Waals surface area contributed by atoms with Crippen molar-refractivity contribution in [2.75, 3.05) is 43.7 Å². The van der Waals surface area contributed by atoms with Crippen molar-refractivity contribution in [1.29, 1.82) is 0 Å². The summed E-state index contributed by atoms with van der Waals surface area (Å²) in [6.07, 6.45) is 28.4. The van der Waals surface area contributed by atoms with E-state index in [2.05, 4.69) is 16.9 Å². The fourth-order valence-corrected chi connectivity index (χ4v) is 7.70. The molecule has 0 aliphatic heterocycles. The molecule has 0 amide bonds. The van der Waals surface area contributed by atoms with Gasteiger partial charge in [-0.15, -0.1) is 0 Å². The van der Waals surface area contributed by atoms with Gasteiger partial charge in [-0.1, -0.05) is 122 Å². The van der Waals surface area contributed by atoms with Gasteiger partial charge in [0.2, 0.25) is 0 Å². The van der Waals surface area contributed by atoms with E-state index in [1.54, 1.807) is 18.5 Å². The van der Waals surface area contributed by atoms with E-state index in [0.717, 1.165) is 44.9 Å². The van der Waals surface area contributed by atoms with Crippen molar-refractivity contribution in [3.8, 4) is 6.01 Å². The summed E-state index contributed by atoms with van der Waals surface area (Å²) in [6.45, 7) is 4.18. The number of aromatic nitrogens is 2. The van der Waals surface area contributed by atoms with E-state index in [9.17, 15) is 16.8 Å². The summed E-state index contributed by atoms with van der Waals surface area (Å²) < 4.78 is 73.2. The molecule has 0 saturated heterocycles. The number of sulfone groups is 1. The summed E-state index contributed by atoms with van der Waals surface area (Å²) in [5, 5.41) is 0. The summed E-state index contributed by atoms with van der Waals surface area (Å²) in [7, 11) is -7.23. The van der Waals surface area contributed by atoms with Gasteiger partial charge in [0.15, 0.2) is 9.84 Å². The maximum atomic E-state index is 12.9. The Bertz CT molecular complexity index is 1060. The first-order valence-corrected chi connectivity index (χ1v) is 22.4. The second-order valence-electron chi connectivity index (χ2n) is 13.1. The van der Waals surface area contributed by atoms with Crippen LogP contribution < -0.4 is 4.74 Å². The number of unbranched alkanes of at least 4 members (excludes halogenated alkanes) is 20. The molecule has 48 heavy (non-hydrogen) atoms. The molecule has 0 spiro atoms. The molecule has 1 aromatic rings. The lowest BCUT2D eigenvalue weighted by atomic mass is 10.0. The molecule has 0 saturated carbocycles. The van der Waals surface area contributed by atoms with Crippen LogP contribution in [0.5, 0.6) is 6.01 Å². The van der Waals surface area contributed by atoms with Gasteiger partial charge in [0, 0.05) is 32.2 Å². The summed E-state index contributed by atoms with van der Waals surface area (Å²) in [6, 6.07) is 1.84. The SMILES string of the molecule is CCCCCCCCCCCCCCCCCCOCC(CS(=O)(=O)CCCCCOCCCCCCS(=O)(=O)O)Oc1ncccn1. The Hall–Kier alpha value is -1.34. The number of ether oxygens (including phenoxy) is 3. The van der Waals surface area contributed by atoms with Gasteiger partial charge in [-0.05, 0) is 38.2 Å². The average molecular weight is 721 g/mol. The lowest BCUT2D eigenvalue weighted by Gasteiger charge is -2.18. The first kappa shape index (κ1) is 44.7. The summed E-state index contributed by atoms with van der Waals surface area (Å²) >= 11 is 0. The van der Waals surface area contributed by atoms with Crippen LogP contribution >= 0.6 is 0 Å². The minimum absolute atomic E-state index is 0.0788. The number of hydrogen-bond acceptors (Lipinski definition) is 9. The molecule has 0 radical (unpaired) electrons. The summed E-state index contributed by atoms with van der Waals surface area (Å²) in [4.78, 5) is 8.18. The molecule has 0 bridgehead atoms. The van der Waals surface area contributed by atoms with E-state index in [-0.39, 0.29) is 29.9 Å². The normalized spacial score (nSPS) is 12.8. The van der Waals surface area contributed by atoms with E-state index in [4.69, 9.17) is 18.8 Å². The second kappa shape index (κ2) is 30.5. The standard InChI is InChI=1S/C36H68N2O8S2/c1-2-3-4-5-6-7-8-9-10-11-12-13-14-15-16-21-30-45-33-35(46-36-37-26-25-27-38-36)34-47(39,40)31-23-19-22-29-44-28-20-17-18-24-32-48(41,42)43/h25-27,35H,2-24,28-34H2,1H3,(H,41,42,43). The van der Waals surface area contributed by atoms with Gasteiger partial charge in [0.1, 0.15) is 6.10 Å². The molecule has 282 valence electrons. The van der Waals surface area contributed by atoms with Gasteiger partial charge < -0.3 is 14.2 Å². The first-order chi connectivity index (χ1) is 23.2. The van der Waals surface area contributed by atoms with E-state index in [1.165, 1.54) is 89.9 Å². The van der Waals surface area contributed by atoms with E-state index in [0.29, 0.717) is 32.7 Å². The van der Waals surface area contributed by atoms with Crippen molar-refractivity contribution in [3.63, 3.8) is 0 Å². The smallest absolute Gasteiger partial charge is 0.316 e. The molecular weight excluding hydrogens is 653 g/mol. The third-order valence-electron chi connectivity index (χ3n) is 8.38. The van der Waals surface area contributed by atoms with Gasteiger partial charge in [0.25, 0.3) is 10.1 Å². The van der Waals surface area contributed by atoms with Crippen LogP contribution in [-0.2, 0) is 29.4 Å². The van der Waals surface area contributed by atoms with Crippen LogP contribution in [0.1, 0.15) is 155 Å². The average Bonchev–Trinajstić information content (AvgIpc) is 3.04. The highest BCUT2D eigenvalue weighted by atomic mass is 32.2. The Kier molecular flexibility index (Phi) is 28.4. The maximum Gasteiger partial charge on any atom is 0.316 e. The Morgan fingerprint density at radius 2 is 1.00 bits per heavy atom. The first-order valence-electron chi connectivity index (χ1n) is 19.0. The minimum atomic E-state index is -3.87. The molecule has 0 aromatic carbocycles. The van der Waals surface area contributed by atoms with E-state index in [1.807, 2.05) is 0 Å². The van der Waals surface area contributed by atoms with Gasteiger partial charge in [-0.25, -0.2) is 18.4 Å². The topological polar surface area (TPSA) is 142 Å². The van der Waals surface area contributed by atoms with Crippen molar-refractivity contribution in [2.45, 2.75) is 161 Å². The highest BCUT2D eigenvalue weighted by Gasteiger charge is 2.22. The fraction of sp³-hybridized carbons (Fsp3) is 0.889. The molecule has 0 aliphatic rings. The molecule has 0 fully saturated rings. The van der Waals surface area contributed by atoms with Crippen LogP contribution in [0.2, 0.25) is 0 Å². The fourth-order valence-electron chi connectivity index (χ4n) is 5.59. The zero-order valence-electron chi connectivity index (χ0n) is 30.0. The molecule has 1 atom stereocenters. The van der Waals surface area contributed by atoms with Gasteiger partial charge in [-0.3, -0.25) is 4.55 Å². The highest BCUT2D eigenvalue weighted by Crippen LogP contribution is 2.14. The van der Waals surface area contributed by atoms with Gasteiger partial charge >= 0.3 is 6.01 Å². The molecule has 0 aliphatic carbocycles. The lowest BCUT2D eigenvalue weighted by Crippen LogP contribution is -2.33. The van der Waals surface area contributed by atoms with E-state index >= 15 is 0 Å². The molecule has 10 nitrogen and oxygen atoms in total. The Labute approximate surface area is 293 Å². The Morgan fingerprint density at radius 3 is 1.50 bits per heavy atom. The van der Waals surface area contributed by atoms with E-state index < -0.39 is 26.1 Å². The largest absolute Gasteiger partial charge is 0.457 e. The minimum Gasteiger partial charge on any atom is -0.457 e. The Morgan fingerprint density at radius 1 is 0.583 bits per heavy atom. The van der Waals surface area contributed by atoms with Crippen molar-refractivity contribution in [1.82, 2.24) is 9.97 Å². The number of nitrogens with zero attached hydrogens (tertiary/aromatic N) is 2. The van der Waals surface area contributed by atoms with Crippen molar-refractivity contribution in [3.05, 3.63) is 18.5 Å². The lowest BCUT2D eigenvalue weighted by molar-refractivity contribution is 0.0534. The number of rotatable bonds is 36. The molecule has 1 aromatic heterocycles. The Balaban J connectivity index is 2.12. The maximum absolute atomic E-state index is 12.9. The second-order valence-corrected chi connectivity index (χ2v) is 16.9. The van der Waals surface area contributed by atoms with Crippen LogP contribution in [0.25, 0.3) is 0 Å². The van der Waals surface area contributed by atoms with Gasteiger partial charge in [-0.2, -0.15) is 8.42 Å². The molecule has 1 rings (SSSR count). The van der Waals surface area contributed by atoms with Gasteiger partial charge in [0.05, 0.1) is 23.9 Å². The van der Waals surface area contributed by atoms with Crippen molar-refractivity contribution in [2.24, 2.45) is 0 Å². The third-order valence-corrected chi connectivity index (χ3v) is 11.0. The zero-order valence-corrected chi connectivity index (χ0v) is 31.7. The number of hydrogen-bond donors (Lipinski definition) is 1. The molecule has 1 N–H and O–H groups in total. The monoisotopic (exact) mass is 720 g/mol.